The van der Waals surface area contributed by atoms with Crippen LogP contribution in [0.15, 0.2) is 67.1 Å². The van der Waals surface area contributed by atoms with Gasteiger partial charge in [-0.25, -0.2) is 4.98 Å². The molecule has 0 radical (unpaired) electrons. The molecule has 0 fully saturated rings. The van der Waals surface area contributed by atoms with Crippen LogP contribution in [0.5, 0.6) is 0 Å². The molecule has 1 atom stereocenters. The maximum Gasteiger partial charge on any atom is 0.164 e. The first-order valence-electron chi connectivity index (χ1n) is 10.5. The van der Waals surface area contributed by atoms with E-state index in [4.69, 9.17) is 0 Å². The predicted molar refractivity (Wildman–Crippen MR) is 119 cm³/mol. The highest BCUT2D eigenvalue weighted by Crippen LogP contribution is 2.37. The average Bonchev–Trinajstić information content (AvgIpc) is 3.37. The summed E-state index contributed by atoms with van der Waals surface area (Å²) in [5.41, 5.74) is 4.34. The van der Waals surface area contributed by atoms with Gasteiger partial charge < -0.3 is 4.57 Å². The van der Waals surface area contributed by atoms with Gasteiger partial charge in [-0.3, -0.25) is 4.79 Å². The van der Waals surface area contributed by atoms with E-state index in [2.05, 4.69) is 27.8 Å². The Hall–Kier alpha value is -2.68. The number of Topliss-reactive ketones (excluding diaryl/α,β-unsaturated/α-hetero) is 1. The van der Waals surface area contributed by atoms with Gasteiger partial charge >= 0.3 is 0 Å². The number of carbonyl (C=O) groups is 1. The van der Waals surface area contributed by atoms with Crippen molar-refractivity contribution in [3.8, 4) is 0 Å². The molecule has 0 N–H and O–H groups in total. The minimum absolute atomic E-state index is 0.120. The van der Waals surface area contributed by atoms with Gasteiger partial charge in [-0.1, -0.05) is 96.1 Å². The van der Waals surface area contributed by atoms with Gasteiger partial charge in [-0.05, 0) is 11.1 Å². The topological polar surface area (TPSA) is 34.9 Å². The third-order valence-corrected chi connectivity index (χ3v) is 4.32. The number of imidazole rings is 1. The predicted octanol–water partition coefficient (Wildman–Crippen LogP) is 6.73. The standard InChI is InChI=1S/C19H16N2O.3C2H6/c22-19-10-17(15-8-4-5-9-16(15)19)18-11-20-13-21(18)12-14-6-2-1-3-7-14;3*1-2/h1-9,11,13,17H,10,12H2;3*1-2H3. The number of benzene rings is 2. The number of fused-ring (bicyclic) bond motifs is 1. The highest BCUT2D eigenvalue weighted by atomic mass is 16.1. The van der Waals surface area contributed by atoms with Gasteiger partial charge in [-0.15, -0.1) is 0 Å². The van der Waals surface area contributed by atoms with Crippen LogP contribution >= 0.6 is 0 Å². The van der Waals surface area contributed by atoms with Gasteiger partial charge in [0.15, 0.2) is 5.78 Å². The lowest BCUT2D eigenvalue weighted by molar-refractivity contribution is 0.0991. The third-order valence-electron chi connectivity index (χ3n) is 4.32. The van der Waals surface area contributed by atoms with Crippen LogP contribution < -0.4 is 0 Å². The Labute approximate surface area is 170 Å². The lowest BCUT2D eigenvalue weighted by Crippen LogP contribution is -2.08. The Morgan fingerprint density at radius 3 is 2.18 bits per heavy atom. The first kappa shape index (κ1) is 23.4. The van der Waals surface area contributed by atoms with Crippen molar-refractivity contribution < 1.29 is 4.79 Å². The van der Waals surface area contributed by atoms with Crippen molar-refractivity contribution in [2.45, 2.75) is 60.4 Å². The molecular weight excluding hydrogens is 344 g/mol. The molecule has 0 saturated carbocycles. The molecule has 0 bridgehead atoms. The number of ketones is 1. The minimum Gasteiger partial charge on any atom is -0.330 e. The number of aromatic nitrogens is 2. The van der Waals surface area contributed by atoms with E-state index in [9.17, 15) is 4.79 Å². The average molecular weight is 379 g/mol. The quantitative estimate of drug-likeness (QED) is 0.506. The molecule has 3 aromatic rings. The SMILES string of the molecule is CC.CC.CC.O=C1CC(c2cncn2Cc2ccccc2)c2ccccc21. The van der Waals surface area contributed by atoms with E-state index in [1.165, 1.54) is 5.56 Å². The zero-order chi connectivity index (χ0) is 20.9. The molecule has 0 spiro atoms. The van der Waals surface area contributed by atoms with Crippen molar-refractivity contribution in [2.75, 3.05) is 0 Å². The number of nitrogens with zero attached hydrogens (tertiary/aromatic N) is 2. The Morgan fingerprint density at radius 1 is 0.893 bits per heavy atom. The normalized spacial score (nSPS) is 13.8. The Bertz CT molecular complexity index is 821. The summed E-state index contributed by atoms with van der Waals surface area (Å²) in [4.78, 5) is 16.5. The fraction of sp³-hybridized carbons (Fsp3) is 0.360. The highest BCUT2D eigenvalue weighted by molar-refractivity contribution is 6.01. The molecule has 3 heteroatoms. The second-order valence-electron chi connectivity index (χ2n) is 5.70. The van der Waals surface area contributed by atoms with Crippen molar-refractivity contribution in [3.05, 3.63) is 89.5 Å². The third kappa shape index (κ3) is 5.41. The molecule has 1 aliphatic carbocycles. The maximum absolute atomic E-state index is 12.2. The molecule has 28 heavy (non-hydrogen) atoms. The van der Waals surface area contributed by atoms with Crippen LogP contribution in [0.3, 0.4) is 0 Å². The van der Waals surface area contributed by atoms with Crippen molar-refractivity contribution in [1.29, 1.82) is 0 Å². The second kappa shape index (κ2) is 12.7. The molecule has 150 valence electrons. The van der Waals surface area contributed by atoms with Crippen molar-refractivity contribution >= 4 is 5.78 Å². The van der Waals surface area contributed by atoms with Crippen LogP contribution in [-0.4, -0.2) is 15.3 Å². The van der Waals surface area contributed by atoms with Crippen LogP contribution in [0.1, 0.15) is 81.1 Å². The summed E-state index contributed by atoms with van der Waals surface area (Å²) >= 11 is 0. The summed E-state index contributed by atoms with van der Waals surface area (Å²) in [6.45, 7) is 12.8. The largest absolute Gasteiger partial charge is 0.330 e. The Balaban J connectivity index is 0.000000599. The van der Waals surface area contributed by atoms with E-state index in [0.717, 1.165) is 23.4 Å². The monoisotopic (exact) mass is 378 g/mol. The number of hydrogen-bond donors (Lipinski definition) is 0. The van der Waals surface area contributed by atoms with E-state index in [1.54, 1.807) is 0 Å². The number of rotatable bonds is 3. The molecule has 4 rings (SSSR count). The molecule has 2 aromatic carbocycles. The van der Waals surface area contributed by atoms with Crippen LogP contribution in [0.25, 0.3) is 0 Å². The zero-order valence-electron chi connectivity index (χ0n) is 18.1. The summed E-state index contributed by atoms with van der Waals surface area (Å²) in [5, 5.41) is 0. The lowest BCUT2D eigenvalue weighted by Gasteiger charge is -2.14. The van der Waals surface area contributed by atoms with Gasteiger partial charge in [0.2, 0.25) is 0 Å². The van der Waals surface area contributed by atoms with Gasteiger partial charge in [0.25, 0.3) is 0 Å². The summed E-state index contributed by atoms with van der Waals surface area (Å²) in [6.07, 6.45) is 4.29. The molecule has 1 aromatic heterocycles. The second-order valence-corrected chi connectivity index (χ2v) is 5.70. The zero-order valence-corrected chi connectivity index (χ0v) is 18.1. The summed E-state index contributed by atoms with van der Waals surface area (Å²) in [5.74, 6) is 0.350. The fourth-order valence-corrected chi connectivity index (χ4v) is 3.26. The van der Waals surface area contributed by atoms with Crippen LogP contribution in [-0.2, 0) is 6.54 Å². The number of carbonyl (C=O) groups excluding carboxylic acids is 1. The first-order chi connectivity index (χ1) is 13.8. The van der Waals surface area contributed by atoms with Crippen molar-refractivity contribution in [2.24, 2.45) is 0 Å². The molecule has 0 amide bonds. The smallest absolute Gasteiger partial charge is 0.164 e. The fourth-order valence-electron chi connectivity index (χ4n) is 3.26. The van der Waals surface area contributed by atoms with Crippen LogP contribution in [0.2, 0.25) is 0 Å². The van der Waals surface area contributed by atoms with E-state index < -0.39 is 0 Å². The summed E-state index contributed by atoms with van der Waals surface area (Å²) in [7, 11) is 0. The van der Waals surface area contributed by atoms with Gasteiger partial charge in [-0.2, -0.15) is 0 Å². The van der Waals surface area contributed by atoms with Gasteiger partial charge in [0.05, 0.1) is 6.33 Å². The van der Waals surface area contributed by atoms with E-state index in [0.29, 0.717) is 6.42 Å². The van der Waals surface area contributed by atoms with Gasteiger partial charge in [0.1, 0.15) is 0 Å². The Morgan fingerprint density at radius 2 is 1.50 bits per heavy atom. The van der Waals surface area contributed by atoms with Crippen molar-refractivity contribution in [1.82, 2.24) is 9.55 Å². The molecule has 1 heterocycles. The van der Waals surface area contributed by atoms with Crippen LogP contribution in [0, 0.1) is 0 Å². The van der Waals surface area contributed by atoms with E-state index in [1.807, 2.05) is 90.5 Å². The summed E-state index contributed by atoms with van der Waals surface area (Å²) < 4.78 is 2.15. The van der Waals surface area contributed by atoms with Crippen molar-refractivity contribution in [3.63, 3.8) is 0 Å². The van der Waals surface area contributed by atoms with Gasteiger partial charge in [0, 0.05) is 36.3 Å². The lowest BCUT2D eigenvalue weighted by atomic mass is 9.98. The Kier molecular flexibility index (Phi) is 10.6. The maximum atomic E-state index is 12.2. The van der Waals surface area contributed by atoms with E-state index in [-0.39, 0.29) is 11.7 Å². The molecule has 0 aliphatic heterocycles. The molecule has 1 aliphatic rings. The minimum atomic E-state index is 0.120. The van der Waals surface area contributed by atoms with Crippen LogP contribution in [0.4, 0.5) is 0 Å². The first-order valence-corrected chi connectivity index (χ1v) is 10.5. The number of hydrogen-bond acceptors (Lipinski definition) is 2. The van der Waals surface area contributed by atoms with E-state index >= 15 is 0 Å². The highest BCUT2D eigenvalue weighted by Gasteiger charge is 2.31. The molecule has 1 unspecified atom stereocenters. The summed E-state index contributed by atoms with van der Waals surface area (Å²) in [6, 6.07) is 18.2. The molecular formula is C25H34N2O. The molecule has 0 saturated heterocycles. The molecule has 3 nitrogen and oxygen atoms in total.